The molecule has 3 nitrogen and oxygen atoms in total. The maximum atomic E-state index is 5.64. The first-order valence-electron chi connectivity index (χ1n) is 5.77. The Morgan fingerprint density at radius 3 is 2.93 bits per heavy atom. The van der Waals surface area contributed by atoms with E-state index in [9.17, 15) is 0 Å². The molecule has 0 aromatic carbocycles. The maximum Gasteiger partial charge on any atom is 0.128 e. The lowest BCUT2D eigenvalue weighted by Gasteiger charge is -2.17. The Bertz CT molecular complexity index is 320. The Balaban J connectivity index is 1.92. The molecule has 15 heavy (non-hydrogen) atoms. The number of nitrogen functional groups attached to an aromatic ring is 1. The van der Waals surface area contributed by atoms with Crippen molar-refractivity contribution in [3.63, 3.8) is 0 Å². The van der Waals surface area contributed by atoms with Crippen LogP contribution in [0, 0.1) is 5.92 Å². The minimum Gasteiger partial charge on any atom is -0.384 e. The van der Waals surface area contributed by atoms with Crippen LogP contribution in [0.2, 0.25) is 0 Å². The summed E-state index contributed by atoms with van der Waals surface area (Å²) < 4.78 is 0. The maximum absolute atomic E-state index is 5.64. The molecular weight excluding hydrogens is 186 g/mol. The molecule has 1 saturated carbocycles. The van der Waals surface area contributed by atoms with Gasteiger partial charge in [-0.2, -0.15) is 0 Å². The summed E-state index contributed by atoms with van der Waals surface area (Å²) in [6, 6.07) is 6.28. The normalized spacial score (nSPS) is 17.4. The van der Waals surface area contributed by atoms with Gasteiger partial charge in [-0.15, -0.1) is 0 Å². The second-order valence-electron chi connectivity index (χ2n) is 4.38. The van der Waals surface area contributed by atoms with Gasteiger partial charge in [-0.1, -0.05) is 25.8 Å². The number of hydrogen-bond donors (Lipinski definition) is 2. The predicted octanol–water partition coefficient (Wildman–Crippen LogP) is 2.65. The smallest absolute Gasteiger partial charge is 0.128 e. The van der Waals surface area contributed by atoms with Crippen molar-refractivity contribution in [3.8, 4) is 0 Å². The van der Waals surface area contributed by atoms with E-state index in [1.807, 2.05) is 18.2 Å². The monoisotopic (exact) mass is 205 g/mol. The van der Waals surface area contributed by atoms with E-state index >= 15 is 0 Å². The fraction of sp³-hybridized carbons (Fsp3) is 0.583. The highest BCUT2D eigenvalue weighted by atomic mass is 15.0. The van der Waals surface area contributed by atoms with Crippen LogP contribution in [-0.4, -0.2) is 11.0 Å². The van der Waals surface area contributed by atoms with Gasteiger partial charge < -0.3 is 11.1 Å². The van der Waals surface area contributed by atoms with Crippen molar-refractivity contribution in [3.05, 3.63) is 18.2 Å². The summed E-state index contributed by atoms with van der Waals surface area (Å²) in [4.78, 5) is 4.26. The molecule has 1 heterocycles. The topological polar surface area (TPSA) is 50.9 Å². The van der Waals surface area contributed by atoms with Crippen LogP contribution >= 0.6 is 0 Å². The Morgan fingerprint density at radius 1 is 1.53 bits per heavy atom. The van der Waals surface area contributed by atoms with Crippen molar-refractivity contribution >= 4 is 11.6 Å². The van der Waals surface area contributed by atoms with Gasteiger partial charge in [0.15, 0.2) is 0 Å². The quantitative estimate of drug-likeness (QED) is 0.777. The van der Waals surface area contributed by atoms with Crippen molar-refractivity contribution < 1.29 is 0 Å². The zero-order chi connectivity index (χ0) is 10.7. The minimum absolute atomic E-state index is 0.548. The van der Waals surface area contributed by atoms with Crippen LogP contribution in [-0.2, 0) is 0 Å². The third-order valence-corrected chi connectivity index (χ3v) is 2.93. The fourth-order valence-corrected chi connectivity index (χ4v) is 1.82. The molecule has 1 aromatic rings. The molecule has 1 unspecified atom stereocenters. The largest absolute Gasteiger partial charge is 0.384 e. The molecule has 1 aromatic heterocycles. The summed E-state index contributed by atoms with van der Waals surface area (Å²) in [6.45, 7) is 2.21. The Kier molecular flexibility index (Phi) is 3.09. The molecule has 1 aliphatic rings. The van der Waals surface area contributed by atoms with Gasteiger partial charge in [-0.05, 0) is 30.9 Å². The van der Waals surface area contributed by atoms with E-state index in [0.717, 1.165) is 18.2 Å². The number of pyridine rings is 1. The van der Waals surface area contributed by atoms with Gasteiger partial charge in [0.05, 0.1) is 0 Å². The molecule has 0 amide bonds. The van der Waals surface area contributed by atoms with Gasteiger partial charge in [0, 0.05) is 6.04 Å². The molecule has 82 valence electrons. The molecule has 1 fully saturated rings. The third kappa shape index (κ3) is 3.11. The van der Waals surface area contributed by atoms with Crippen molar-refractivity contribution in [1.29, 1.82) is 0 Å². The molecule has 1 aliphatic carbocycles. The standard InChI is InChI=1S/C12H19N3/c1-2-10(8-9-6-7-9)14-12-5-3-4-11(13)15-12/h3-5,9-10H,2,6-8H2,1H3,(H3,13,14,15). The number of rotatable bonds is 5. The van der Waals surface area contributed by atoms with Crippen LogP contribution in [0.4, 0.5) is 11.6 Å². The third-order valence-electron chi connectivity index (χ3n) is 2.93. The van der Waals surface area contributed by atoms with Crippen LogP contribution < -0.4 is 11.1 Å². The summed E-state index contributed by atoms with van der Waals surface area (Å²) in [5.74, 6) is 2.44. The molecule has 0 bridgehead atoms. The van der Waals surface area contributed by atoms with Gasteiger partial charge in [0.1, 0.15) is 11.6 Å². The molecule has 0 saturated heterocycles. The van der Waals surface area contributed by atoms with Gasteiger partial charge in [0.25, 0.3) is 0 Å². The molecule has 2 rings (SSSR count). The number of aromatic nitrogens is 1. The average molecular weight is 205 g/mol. The van der Waals surface area contributed by atoms with Crippen LogP contribution in [0.3, 0.4) is 0 Å². The van der Waals surface area contributed by atoms with E-state index in [1.165, 1.54) is 19.3 Å². The summed E-state index contributed by atoms with van der Waals surface area (Å²) in [7, 11) is 0. The van der Waals surface area contributed by atoms with E-state index in [1.54, 1.807) is 0 Å². The number of nitrogens with two attached hydrogens (primary N) is 1. The fourth-order valence-electron chi connectivity index (χ4n) is 1.82. The Hall–Kier alpha value is -1.25. The molecule has 3 heteroatoms. The number of anilines is 2. The first kappa shape index (κ1) is 10.3. The second kappa shape index (κ2) is 4.51. The van der Waals surface area contributed by atoms with Gasteiger partial charge in [0.2, 0.25) is 0 Å². The Morgan fingerprint density at radius 2 is 2.33 bits per heavy atom. The summed E-state index contributed by atoms with van der Waals surface area (Å²) in [5, 5.41) is 3.45. The van der Waals surface area contributed by atoms with Crippen LogP contribution in [0.15, 0.2) is 18.2 Å². The summed E-state index contributed by atoms with van der Waals surface area (Å²) >= 11 is 0. The van der Waals surface area contributed by atoms with Crippen molar-refractivity contribution in [1.82, 2.24) is 4.98 Å². The SMILES string of the molecule is CCC(CC1CC1)Nc1cccc(N)n1. The van der Waals surface area contributed by atoms with Crippen LogP contribution in [0.5, 0.6) is 0 Å². The van der Waals surface area contributed by atoms with Gasteiger partial charge in [-0.3, -0.25) is 0 Å². The molecule has 0 radical (unpaired) electrons. The molecule has 3 N–H and O–H groups in total. The average Bonchev–Trinajstić information content (AvgIpc) is 3.01. The van der Waals surface area contributed by atoms with E-state index in [-0.39, 0.29) is 0 Å². The molecule has 0 spiro atoms. The second-order valence-corrected chi connectivity index (χ2v) is 4.38. The lowest BCUT2D eigenvalue weighted by molar-refractivity contribution is 0.585. The summed E-state index contributed by atoms with van der Waals surface area (Å²) in [5.41, 5.74) is 5.64. The number of hydrogen-bond acceptors (Lipinski definition) is 3. The highest BCUT2D eigenvalue weighted by Gasteiger charge is 2.24. The highest BCUT2D eigenvalue weighted by Crippen LogP contribution is 2.34. The van der Waals surface area contributed by atoms with E-state index in [4.69, 9.17) is 5.73 Å². The van der Waals surface area contributed by atoms with Crippen molar-refractivity contribution in [2.45, 2.75) is 38.6 Å². The van der Waals surface area contributed by atoms with Crippen LogP contribution in [0.25, 0.3) is 0 Å². The number of nitrogens with zero attached hydrogens (tertiary/aromatic N) is 1. The van der Waals surface area contributed by atoms with E-state index < -0.39 is 0 Å². The first-order chi connectivity index (χ1) is 7.28. The minimum atomic E-state index is 0.548. The van der Waals surface area contributed by atoms with E-state index in [0.29, 0.717) is 11.9 Å². The van der Waals surface area contributed by atoms with E-state index in [2.05, 4.69) is 17.2 Å². The summed E-state index contributed by atoms with van der Waals surface area (Å²) in [6.07, 6.45) is 5.23. The zero-order valence-electron chi connectivity index (χ0n) is 9.24. The number of nitrogens with one attached hydrogen (secondary N) is 1. The van der Waals surface area contributed by atoms with Gasteiger partial charge in [-0.25, -0.2) is 4.98 Å². The first-order valence-corrected chi connectivity index (χ1v) is 5.77. The van der Waals surface area contributed by atoms with Gasteiger partial charge >= 0.3 is 0 Å². The molecule has 1 atom stereocenters. The lowest BCUT2D eigenvalue weighted by atomic mass is 10.1. The van der Waals surface area contributed by atoms with Crippen molar-refractivity contribution in [2.24, 2.45) is 5.92 Å². The molecule has 0 aliphatic heterocycles. The zero-order valence-corrected chi connectivity index (χ0v) is 9.24. The lowest BCUT2D eigenvalue weighted by Crippen LogP contribution is -2.19. The highest BCUT2D eigenvalue weighted by molar-refractivity contribution is 5.42. The Labute approximate surface area is 91.1 Å². The van der Waals surface area contributed by atoms with Crippen LogP contribution in [0.1, 0.15) is 32.6 Å². The predicted molar refractivity (Wildman–Crippen MR) is 63.7 cm³/mol. The molecular formula is C12H19N3. The van der Waals surface area contributed by atoms with Crippen molar-refractivity contribution in [2.75, 3.05) is 11.1 Å².